The number of halogens is 1. The lowest BCUT2D eigenvalue weighted by atomic mass is 10.8. The third kappa shape index (κ3) is 5.17. The maximum atomic E-state index is 6.97. The predicted molar refractivity (Wildman–Crippen MR) is 44.0 cm³/mol. The van der Waals surface area contributed by atoms with Crippen molar-refractivity contribution >= 4 is 24.3 Å². The zero-order chi connectivity index (χ0) is 7.28. The first kappa shape index (κ1) is 11.8. The molecule has 60 valence electrons. The van der Waals surface area contributed by atoms with Crippen molar-refractivity contribution in [3.05, 3.63) is 0 Å². The van der Waals surface area contributed by atoms with Gasteiger partial charge in [0.15, 0.2) is 11.9 Å². The second-order valence-corrected chi connectivity index (χ2v) is 1.38. The topological polar surface area (TPSA) is 83.8 Å². The van der Waals surface area contributed by atoms with E-state index in [4.69, 9.17) is 10.8 Å². The molecule has 0 aromatic carbocycles. The molecule has 0 aromatic heterocycles. The van der Waals surface area contributed by atoms with Gasteiger partial charge in [-0.3, -0.25) is 16.1 Å². The quantitative estimate of drug-likeness (QED) is 0.243. The molecule has 0 bridgehead atoms. The fourth-order valence-corrected chi connectivity index (χ4v) is 0.250. The number of hydrogen-bond donors (Lipinski definition) is 5. The van der Waals surface area contributed by atoms with Crippen molar-refractivity contribution in [3.8, 4) is 0 Å². The summed E-state index contributed by atoms with van der Waals surface area (Å²) in [6, 6.07) is 0. The first-order valence-electron chi connectivity index (χ1n) is 2.50. The average molecular weight is 166 g/mol. The second-order valence-electron chi connectivity index (χ2n) is 1.38. The molecule has 0 saturated carbocycles. The average Bonchev–Trinajstić information content (AvgIpc) is 1.87. The van der Waals surface area contributed by atoms with E-state index < -0.39 is 0 Å². The first-order valence-corrected chi connectivity index (χ1v) is 2.50. The van der Waals surface area contributed by atoms with Gasteiger partial charge in [0.2, 0.25) is 0 Å². The minimum Gasteiger partial charge on any atom is -0.359 e. The van der Waals surface area contributed by atoms with E-state index in [-0.39, 0.29) is 24.3 Å². The number of guanidine groups is 2. The van der Waals surface area contributed by atoms with Crippen LogP contribution in [0, 0.1) is 10.8 Å². The Morgan fingerprint density at radius 3 is 1.50 bits per heavy atom. The molecule has 0 amide bonds. The smallest absolute Gasteiger partial charge is 0.194 e. The van der Waals surface area contributed by atoms with Crippen LogP contribution < -0.4 is 16.0 Å². The van der Waals surface area contributed by atoms with Crippen LogP contribution in [0.5, 0.6) is 0 Å². The van der Waals surface area contributed by atoms with Gasteiger partial charge >= 0.3 is 0 Å². The summed E-state index contributed by atoms with van der Waals surface area (Å²) in [6.45, 7) is 0. The summed E-state index contributed by atoms with van der Waals surface area (Å²) in [5, 5.41) is 21.4. The summed E-state index contributed by atoms with van der Waals surface area (Å²) in [5.41, 5.74) is 0. The number of rotatable bonds is 0. The highest BCUT2D eigenvalue weighted by molar-refractivity contribution is 5.95. The molecule has 0 unspecified atom stereocenters. The highest BCUT2D eigenvalue weighted by atomic mass is 35.5. The van der Waals surface area contributed by atoms with Gasteiger partial charge in [0, 0.05) is 14.1 Å². The van der Waals surface area contributed by atoms with Gasteiger partial charge in [-0.25, -0.2) is 0 Å². The van der Waals surface area contributed by atoms with Crippen LogP contribution in [0.3, 0.4) is 0 Å². The largest absolute Gasteiger partial charge is 0.359 e. The summed E-state index contributed by atoms with van der Waals surface area (Å²) >= 11 is 0. The van der Waals surface area contributed by atoms with Crippen LogP contribution in [-0.4, -0.2) is 26.0 Å². The predicted octanol–water partition coefficient (Wildman–Crippen LogP) is -0.694. The van der Waals surface area contributed by atoms with Gasteiger partial charge in [0.25, 0.3) is 0 Å². The van der Waals surface area contributed by atoms with Gasteiger partial charge in [-0.15, -0.1) is 12.4 Å². The molecule has 5 N–H and O–H groups in total. The van der Waals surface area contributed by atoms with E-state index in [1.807, 2.05) is 0 Å². The highest BCUT2D eigenvalue weighted by Crippen LogP contribution is 1.55. The monoisotopic (exact) mass is 165 g/mol. The molecule has 0 aliphatic heterocycles. The Labute approximate surface area is 66.0 Å². The van der Waals surface area contributed by atoms with Crippen molar-refractivity contribution < 1.29 is 0 Å². The van der Waals surface area contributed by atoms with Crippen LogP contribution >= 0.6 is 12.4 Å². The van der Waals surface area contributed by atoms with Crippen molar-refractivity contribution in [2.45, 2.75) is 0 Å². The zero-order valence-corrected chi connectivity index (χ0v) is 6.72. The molecule has 0 aromatic rings. The third-order valence-electron chi connectivity index (χ3n) is 0.750. The van der Waals surface area contributed by atoms with E-state index in [0.717, 1.165) is 0 Å². The minimum atomic E-state index is 0. The number of hydrogen-bond acceptors (Lipinski definition) is 2. The van der Waals surface area contributed by atoms with E-state index in [9.17, 15) is 0 Å². The van der Waals surface area contributed by atoms with Gasteiger partial charge < -0.3 is 10.6 Å². The molecule has 0 fully saturated rings. The fraction of sp³-hybridized carbons (Fsp3) is 0.500. The van der Waals surface area contributed by atoms with E-state index in [0.29, 0.717) is 0 Å². The maximum absolute atomic E-state index is 6.97. The molecular formula is C4H12ClN5. The Morgan fingerprint density at radius 2 is 1.30 bits per heavy atom. The molecule has 0 rings (SSSR count). The highest BCUT2D eigenvalue weighted by Gasteiger charge is 1.91. The van der Waals surface area contributed by atoms with Crippen molar-refractivity contribution in [2.75, 3.05) is 14.1 Å². The second kappa shape index (κ2) is 6.15. The third-order valence-corrected chi connectivity index (χ3v) is 0.750. The molecule has 5 nitrogen and oxygen atoms in total. The van der Waals surface area contributed by atoms with Crippen LogP contribution in [0.15, 0.2) is 0 Å². The minimum absolute atomic E-state index is 0. The molecule has 0 heterocycles. The summed E-state index contributed by atoms with van der Waals surface area (Å²) < 4.78 is 0. The van der Waals surface area contributed by atoms with E-state index in [1.165, 1.54) is 0 Å². The lowest BCUT2D eigenvalue weighted by molar-refractivity contribution is 0.999. The summed E-state index contributed by atoms with van der Waals surface area (Å²) in [6.07, 6.45) is 0. The Kier molecular flexibility index (Phi) is 7.25. The van der Waals surface area contributed by atoms with Crippen LogP contribution in [0.1, 0.15) is 0 Å². The molecule has 0 aliphatic rings. The molecular weight excluding hydrogens is 154 g/mol. The number of nitrogens with one attached hydrogen (secondary N) is 5. The normalized spacial score (nSPS) is 7.00. The van der Waals surface area contributed by atoms with Gasteiger partial charge in [-0.1, -0.05) is 0 Å². The molecule has 0 saturated heterocycles. The molecule has 0 spiro atoms. The molecule has 0 atom stereocenters. The summed E-state index contributed by atoms with van der Waals surface area (Å²) in [4.78, 5) is 0. The Hall–Kier alpha value is -0.970. The Balaban J connectivity index is 0. The SMILES string of the molecule is CNC(=N)NC(=N)NC.Cl. The maximum Gasteiger partial charge on any atom is 0.194 e. The molecule has 6 heteroatoms. The molecule has 10 heavy (non-hydrogen) atoms. The summed E-state index contributed by atoms with van der Waals surface area (Å²) in [5.74, 6) is 0.212. The van der Waals surface area contributed by atoms with Crippen molar-refractivity contribution in [3.63, 3.8) is 0 Å². The van der Waals surface area contributed by atoms with E-state index in [1.54, 1.807) is 14.1 Å². The van der Waals surface area contributed by atoms with Crippen LogP contribution in [-0.2, 0) is 0 Å². The van der Waals surface area contributed by atoms with Gasteiger partial charge in [0.1, 0.15) is 0 Å². The van der Waals surface area contributed by atoms with Gasteiger partial charge in [0.05, 0.1) is 0 Å². The van der Waals surface area contributed by atoms with Gasteiger partial charge in [-0.05, 0) is 0 Å². The van der Waals surface area contributed by atoms with Crippen LogP contribution in [0.4, 0.5) is 0 Å². The Morgan fingerprint density at radius 1 is 1.00 bits per heavy atom. The molecule has 0 aliphatic carbocycles. The van der Waals surface area contributed by atoms with Crippen molar-refractivity contribution in [1.29, 1.82) is 10.8 Å². The van der Waals surface area contributed by atoms with Crippen LogP contribution in [0.2, 0.25) is 0 Å². The van der Waals surface area contributed by atoms with Gasteiger partial charge in [-0.2, -0.15) is 0 Å². The lowest BCUT2D eigenvalue weighted by Gasteiger charge is -2.05. The first-order chi connectivity index (χ1) is 4.20. The van der Waals surface area contributed by atoms with Crippen molar-refractivity contribution in [1.82, 2.24) is 16.0 Å². The molecule has 0 radical (unpaired) electrons. The van der Waals surface area contributed by atoms with Crippen molar-refractivity contribution in [2.24, 2.45) is 0 Å². The standard InChI is InChI=1S/C4H11N5.ClH/c1-7-3(5)9-4(6)8-2;/h1-2H3,(H5,5,6,7,8,9);1H. The van der Waals surface area contributed by atoms with E-state index >= 15 is 0 Å². The zero-order valence-electron chi connectivity index (χ0n) is 5.91. The summed E-state index contributed by atoms with van der Waals surface area (Å²) in [7, 11) is 3.22. The fourth-order valence-electron chi connectivity index (χ4n) is 0.250. The van der Waals surface area contributed by atoms with E-state index in [2.05, 4.69) is 16.0 Å². The Bertz CT molecular complexity index is 109. The van der Waals surface area contributed by atoms with Crippen LogP contribution in [0.25, 0.3) is 0 Å². The lowest BCUT2D eigenvalue weighted by Crippen LogP contribution is -2.43.